The lowest BCUT2D eigenvalue weighted by Gasteiger charge is -2.32. The second kappa shape index (κ2) is 8.44. The molecule has 1 saturated heterocycles. The SMILES string of the molecule is CC(C)(Cc1ccc(B2OC(C)(C)C(C)(C)O2)cc1)OC(=O)NCc1ccccc1. The van der Waals surface area contributed by atoms with Crippen LogP contribution in [0.4, 0.5) is 4.79 Å². The summed E-state index contributed by atoms with van der Waals surface area (Å²) < 4.78 is 17.9. The Balaban J connectivity index is 1.54. The van der Waals surface area contributed by atoms with Crippen LogP contribution < -0.4 is 10.8 Å². The van der Waals surface area contributed by atoms with Gasteiger partial charge in [-0.25, -0.2) is 4.79 Å². The van der Waals surface area contributed by atoms with E-state index in [1.807, 2.05) is 96.1 Å². The quantitative estimate of drug-likeness (QED) is 0.726. The third kappa shape index (κ3) is 5.43. The van der Waals surface area contributed by atoms with Crippen molar-refractivity contribution in [2.75, 3.05) is 0 Å². The molecule has 0 unspecified atom stereocenters. The van der Waals surface area contributed by atoms with Crippen molar-refractivity contribution in [3.8, 4) is 0 Å². The van der Waals surface area contributed by atoms with Crippen LogP contribution in [-0.4, -0.2) is 30.0 Å². The molecule has 1 N–H and O–H groups in total. The van der Waals surface area contributed by atoms with E-state index >= 15 is 0 Å². The first-order valence-electron chi connectivity index (χ1n) is 10.4. The van der Waals surface area contributed by atoms with Gasteiger partial charge in [-0.15, -0.1) is 0 Å². The predicted octanol–water partition coefficient (Wildman–Crippen LogP) is 4.23. The predicted molar refractivity (Wildman–Crippen MR) is 120 cm³/mol. The molecule has 0 saturated carbocycles. The van der Waals surface area contributed by atoms with Gasteiger partial charge < -0.3 is 19.4 Å². The molecule has 0 spiro atoms. The first kappa shape index (κ1) is 22.4. The molecule has 0 aromatic heterocycles. The van der Waals surface area contributed by atoms with Crippen LogP contribution in [0.3, 0.4) is 0 Å². The Morgan fingerprint density at radius 1 is 0.933 bits per heavy atom. The maximum absolute atomic E-state index is 12.2. The van der Waals surface area contributed by atoms with E-state index in [1.165, 1.54) is 0 Å². The molecule has 160 valence electrons. The van der Waals surface area contributed by atoms with Crippen LogP contribution in [0.1, 0.15) is 52.7 Å². The number of carbonyl (C=O) groups excluding carboxylic acids is 1. The van der Waals surface area contributed by atoms with Gasteiger partial charge in [0.2, 0.25) is 0 Å². The second-order valence-corrected chi connectivity index (χ2v) is 9.49. The molecule has 0 radical (unpaired) electrons. The van der Waals surface area contributed by atoms with E-state index in [0.717, 1.165) is 16.6 Å². The van der Waals surface area contributed by atoms with Crippen LogP contribution in [-0.2, 0) is 27.0 Å². The molecular weight excluding hydrogens is 377 g/mol. The average Bonchev–Trinajstić information content (AvgIpc) is 2.88. The lowest BCUT2D eigenvalue weighted by molar-refractivity contribution is 0.00578. The highest BCUT2D eigenvalue weighted by atomic mass is 16.7. The molecule has 2 aromatic rings. The fourth-order valence-corrected chi connectivity index (χ4v) is 3.36. The highest BCUT2D eigenvalue weighted by molar-refractivity contribution is 6.62. The number of alkyl carbamates (subject to hydrolysis) is 1. The highest BCUT2D eigenvalue weighted by Crippen LogP contribution is 2.36. The topological polar surface area (TPSA) is 56.8 Å². The van der Waals surface area contributed by atoms with Gasteiger partial charge in [-0.3, -0.25) is 0 Å². The smallest absolute Gasteiger partial charge is 0.443 e. The van der Waals surface area contributed by atoms with Crippen molar-refractivity contribution in [2.45, 2.75) is 71.3 Å². The minimum absolute atomic E-state index is 0.362. The number of benzene rings is 2. The number of rotatable bonds is 6. The number of nitrogens with one attached hydrogen (secondary N) is 1. The minimum atomic E-state index is -0.632. The van der Waals surface area contributed by atoms with Crippen LogP contribution in [0.5, 0.6) is 0 Å². The maximum Gasteiger partial charge on any atom is 0.494 e. The largest absolute Gasteiger partial charge is 0.494 e. The fraction of sp³-hybridized carbons (Fsp3) is 0.458. The van der Waals surface area contributed by atoms with Crippen molar-refractivity contribution in [1.29, 1.82) is 0 Å². The van der Waals surface area contributed by atoms with Gasteiger partial charge in [-0.2, -0.15) is 0 Å². The summed E-state index contributed by atoms with van der Waals surface area (Å²) in [5, 5.41) is 2.81. The lowest BCUT2D eigenvalue weighted by atomic mass is 9.78. The summed E-state index contributed by atoms with van der Waals surface area (Å²) >= 11 is 0. The second-order valence-electron chi connectivity index (χ2n) is 9.49. The first-order chi connectivity index (χ1) is 14.0. The standard InChI is InChI=1S/C24H32BNO4/c1-22(2,28-21(27)26-17-19-10-8-7-9-11-19)16-18-12-14-20(15-13-18)25-29-23(3,4)24(5,6)30-25/h7-15H,16-17H2,1-6H3,(H,26,27). The Labute approximate surface area is 180 Å². The Hall–Kier alpha value is -2.31. The zero-order chi connectivity index (χ0) is 22.0. The number of hydrogen-bond donors (Lipinski definition) is 1. The maximum atomic E-state index is 12.2. The molecule has 1 heterocycles. The molecule has 1 aliphatic rings. The van der Waals surface area contributed by atoms with Gasteiger partial charge >= 0.3 is 13.2 Å². The molecule has 2 aromatic carbocycles. The van der Waals surface area contributed by atoms with Crippen molar-refractivity contribution in [1.82, 2.24) is 5.32 Å². The van der Waals surface area contributed by atoms with E-state index in [-0.39, 0.29) is 18.3 Å². The van der Waals surface area contributed by atoms with E-state index in [0.29, 0.717) is 13.0 Å². The van der Waals surface area contributed by atoms with Crippen LogP contribution >= 0.6 is 0 Å². The van der Waals surface area contributed by atoms with E-state index in [9.17, 15) is 4.79 Å². The molecule has 3 rings (SSSR count). The van der Waals surface area contributed by atoms with Gasteiger partial charge in [0.25, 0.3) is 0 Å². The molecule has 0 bridgehead atoms. The Bertz CT molecular complexity index is 847. The summed E-state index contributed by atoms with van der Waals surface area (Å²) in [6.07, 6.45) is 0.188. The van der Waals surface area contributed by atoms with Gasteiger partial charge in [-0.05, 0) is 58.1 Å². The van der Waals surface area contributed by atoms with E-state index in [1.54, 1.807) is 0 Å². The van der Waals surface area contributed by atoms with Gasteiger partial charge in [0.15, 0.2) is 0 Å². The normalized spacial score (nSPS) is 17.6. The molecule has 1 aliphatic heterocycles. The van der Waals surface area contributed by atoms with Crippen LogP contribution in [0, 0.1) is 0 Å². The third-order valence-electron chi connectivity index (χ3n) is 5.78. The molecule has 5 nitrogen and oxygen atoms in total. The summed E-state index contributed by atoms with van der Waals surface area (Å²) in [6.45, 7) is 12.5. The van der Waals surface area contributed by atoms with Crippen molar-refractivity contribution < 1.29 is 18.8 Å². The summed E-state index contributed by atoms with van der Waals surface area (Å²) in [7, 11) is -0.378. The number of ether oxygens (including phenoxy) is 1. The average molecular weight is 409 g/mol. The number of hydrogen-bond acceptors (Lipinski definition) is 4. The molecule has 1 amide bonds. The number of amides is 1. The Morgan fingerprint density at radius 3 is 2.07 bits per heavy atom. The molecule has 6 heteroatoms. The third-order valence-corrected chi connectivity index (χ3v) is 5.78. The van der Waals surface area contributed by atoms with Gasteiger partial charge in [0.05, 0.1) is 11.2 Å². The van der Waals surface area contributed by atoms with Gasteiger partial charge in [0, 0.05) is 13.0 Å². The zero-order valence-electron chi connectivity index (χ0n) is 18.8. The fourth-order valence-electron chi connectivity index (χ4n) is 3.36. The summed E-state index contributed by atoms with van der Waals surface area (Å²) in [6, 6.07) is 17.9. The van der Waals surface area contributed by atoms with Gasteiger partial charge in [0.1, 0.15) is 5.60 Å². The zero-order valence-corrected chi connectivity index (χ0v) is 18.8. The van der Waals surface area contributed by atoms with Crippen LogP contribution in [0.25, 0.3) is 0 Å². The van der Waals surface area contributed by atoms with Crippen molar-refractivity contribution in [2.24, 2.45) is 0 Å². The first-order valence-corrected chi connectivity index (χ1v) is 10.4. The van der Waals surface area contributed by atoms with Crippen molar-refractivity contribution >= 4 is 18.7 Å². The van der Waals surface area contributed by atoms with Gasteiger partial charge in [-0.1, -0.05) is 54.6 Å². The summed E-state index contributed by atoms with van der Waals surface area (Å²) in [5.74, 6) is 0. The Kier molecular flexibility index (Phi) is 6.30. The number of carbonyl (C=O) groups is 1. The molecule has 0 aliphatic carbocycles. The highest BCUT2D eigenvalue weighted by Gasteiger charge is 2.51. The molecular formula is C24H32BNO4. The van der Waals surface area contributed by atoms with Crippen LogP contribution in [0.15, 0.2) is 54.6 Å². The van der Waals surface area contributed by atoms with Crippen molar-refractivity contribution in [3.05, 3.63) is 65.7 Å². The van der Waals surface area contributed by atoms with Crippen LogP contribution in [0.2, 0.25) is 0 Å². The molecule has 0 atom stereocenters. The minimum Gasteiger partial charge on any atom is -0.443 e. The summed E-state index contributed by atoms with van der Waals surface area (Å²) in [4.78, 5) is 12.2. The van der Waals surface area contributed by atoms with E-state index in [4.69, 9.17) is 14.0 Å². The van der Waals surface area contributed by atoms with E-state index in [2.05, 4.69) is 5.32 Å². The van der Waals surface area contributed by atoms with Crippen molar-refractivity contribution in [3.63, 3.8) is 0 Å². The van der Waals surface area contributed by atoms with E-state index < -0.39 is 11.7 Å². The molecule has 1 fully saturated rings. The Morgan fingerprint density at radius 2 is 1.50 bits per heavy atom. The lowest BCUT2D eigenvalue weighted by Crippen LogP contribution is -2.41. The summed E-state index contributed by atoms with van der Waals surface area (Å²) in [5.41, 5.74) is 1.74. The molecule has 30 heavy (non-hydrogen) atoms. The monoisotopic (exact) mass is 409 g/mol.